The van der Waals surface area contributed by atoms with Gasteiger partial charge in [-0.15, -0.1) is 0 Å². The number of amides is 2. The number of hydrogen-bond donors (Lipinski definition) is 1. The summed E-state index contributed by atoms with van der Waals surface area (Å²) in [6, 6.07) is 1.76. The van der Waals surface area contributed by atoms with Crippen LogP contribution in [0.15, 0.2) is 6.07 Å². The van der Waals surface area contributed by atoms with Crippen molar-refractivity contribution in [2.75, 3.05) is 26.7 Å². The van der Waals surface area contributed by atoms with Crippen LogP contribution < -0.4 is 0 Å². The normalized spacial score (nSPS) is 10.8. The summed E-state index contributed by atoms with van der Waals surface area (Å²) in [6.45, 7) is 9.45. The number of aromatic nitrogens is 2. The quantitative estimate of drug-likeness (QED) is 0.829. The molecule has 0 spiro atoms. The highest BCUT2D eigenvalue weighted by atomic mass is 16.2. The number of nitrogens with one attached hydrogen (secondary N) is 1. The lowest BCUT2D eigenvalue weighted by molar-refractivity contribution is -0.131. The van der Waals surface area contributed by atoms with Gasteiger partial charge in [-0.3, -0.25) is 14.7 Å². The molecule has 0 aliphatic heterocycles. The fourth-order valence-corrected chi connectivity index (χ4v) is 2.16. The van der Waals surface area contributed by atoms with Crippen LogP contribution in [0.4, 0.5) is 0 Å². The first-order valence-corrected chi connectivity index (χ1v) is 7.46. The molecule has 1 N–H and O–H groups in total. The Hall–Kier alpha value is -1.85. The molecule has 1 rings (SSSR count). The van der Waals surface area contributed by atoms with Gasteiger partial charge in [0.15, 0.2) is 0 Å². The molecule has 0 aromatic carbocycles. The summed E-state index contributed by atoms with van der Waals surface area (Å²) in [6.07, 6.45) is 0.850. The predicted octanol–water partition coefficient (Wildman–Crippen LogP) is 1.55. The third-order valence-electron chi connectivity index (χ3n) is 3.31. The van der Waals surface area contributed by atoms with Crippen molar-refractivity contribution in [2.45, 2.75) is 34.1 Å². The molecule has 0 aliphatic rings. The van der Waals surface area contributed by atoms with Crippen molar-refractivity contribution >= 4 is 11.8 Å². The van der Waals surface area contributed by atoms with Gasteiger partial charge in [-0.25, -0.2) is 0 Å². The average Bonchev–Trinajstić information content (AvgIpc) is 2.86. The van der Waals surface area contributed by atoms with Gasteiger partial charge >= 0.3 is 0 Å². The Kier molecular flexibility index (Phi) is 6.39. The van der Waals surface area contributed by atoms with Crippen molar-refractivity contribution in [3.8, 4) is 0 Å². The fourth-order valence-electron chi connectivity index (χ4n) is 2.16. The number of carbonyl (C=O) groups is 2. The van der Waals surface area contributed by atoms with E-state index in [0.29, 0.717) is 24.7 Å². The van der Waals surface area contributed by atoms with Crippen molar-refractivity contribution < 1.29 is 9.59 Å². The van der Waals surface area contributed by atoms with Gasteiger partial charge < -0.3 is 9.80 Å². The molecular weight excluding hydrogens is 268 g/mol. The fraction of sp³-hybridized carbons (Fsp3) is 0.667. The molecule has 0 aliphatic carbocycles. The van der Waals surface area contributed by atoms with E-state index in [9.17, 15) is 9.59 Å². The van der Waals surface area contributed by atoms with E-state index in [4.69, 9.17) is 0 Å². The molecule has 1 aromatic rings. The molecule has 0 unspecified atom stereocenters. The van der Waals surface area contributed by atoms with E-state index >= 15 is 0 Å². The average molecular weight is 294 g/mol. The zero-order chi connectivity index (χ0) is 16.0. The SMILES string of the molecule is CCN(CC)C(=O)CN(C)C(=O)c1cc(CC(C)C)[nH]n1. The van der Waals surface area contributed by atoms with Crippen LogP contribution in [0.2, 0.25) is 0 Å². The summed E-state index contributed by atoms with van der Waals surface area (Å²) in [4.78, 5) is 27.4. The van der Waals surface area contributed by atoms with E-state index in [1.54, 1.807) is 18.0 Å². The van der Waals surface area contributed by atoms with Crippen LogP contribution in [-0.4, -0.2) is 58.5 Å². The van der Waals surface area contributed by atoms with Gasteiger partial charge in [0.25, 0.3) is 5.91 Å². The second-order valence-corrected chi connectivity index (χ2v) is 5.60. The maximum atomic E-state index is 12.3. The highest BCUT2D eigenvalue weighted by Gasteiger charge is 2.20. The number of likely N-dealkylation sites (N-methyl/N-ethyl adjacent to an activating group) is 2. The summed E-state index contributed by atoms with van der Waals surface area (Å²) < 4.78 is 0. The maximum Gasteiger partial charge on any atom is 0.274 e. The smallest absolute Gasteiger partial charge is 0.274 e. The molecule has 0 radical (unpaired) electrons. The molecule has 0 saturated carbocycles. The van der Waals surface area contributed by atoms with Gasteiger partial charge in [-0.05, 0) is 32.3 Å². The van der Waals surface area contributed by atoms with E-state index in [1.807, 2.05) is 13.8 Å². The molecule has 0 saturated heterocycles. The van der Waals surface area contributed by atoms with E-state index in [0.717, 1.165) is 12.1 Å². The van der Waals surface area contributed by atoms with Crippen LogP contribution in [0.5, 0.6) is 0 Å². The maximum absolute atomic E-state index is 12.3. The zero-order valence-electron chi connectivity index (χ0n) is 13.6. The number of nitrogens with zero attached hydrogens (tertiary/aromatic N) is 3. The number of carbonyl (C=O) groups excluding carboxylic acids is 2. The second kappa shape index (κ2) is 7.81. The van der Waals surface area contributed by atoms with Crippen LogP contribution in [-0.2, 0) is 11.2 Å². The topological polar surface area (TPSA) is 69.3 Å². The van der Waals surface area contributed by atoms with Gasteiger partial charge in [-0.2, -0.15) is 5.10 Å². The lowest BCUT2D eigenvalue weighted by Gasteiger charge is -2.22. The number of hydrogen-bond acceptors (Lipinski definition) is 3. The lowest BCUT2D eigenvalue weighted by Crippen LogP contribution is -2.41. The first kappa shape index (κ1) is 17.2. The van der Waals surface area contributed by atoms with Crippen molar-refractivity contribution in [3.05, 3.63) is 17.5 Å². The van der Waals surface area contributed by atoms with Crippen LogP contribution in [0.3, 0.4) is 0 Å². The van der Waals surface area contributed by atoms with E-state index in [-0.39, 0.29) is 18.4 Å². The monoisotopic (exact) mass is 294 g/mol. The molecule has 6 nitrogen and oxygen atoms in total. The van der Waals surface area contributed by atoms with Crippen molar-refractivity contribution in [2.24, 2.45) is 5.92 Å². The summed E-state index contributed by atoms with van der Waals surface area (Å²) in [7, 11) is 1.63. The molecule has 118 valence electrons. The summed E-state index contributed by atoms with van der Waals surface area (Å²) in [5.74, 6) is 0.214. The molecule has 6 heteroatoms. The minimum atomic E-state index is -0.234. The summed E-state index contributed by atoms with van der Waals surface area (Å²) in [5, 5.41) is 6.92. The third-order valence-corrected chi connectivity index (χ3v) is 3.31. The number of aromatic amines is 1. The van der Waals surface area contributed by atoms with Gasteiger partial charge in [-0.1, -0.05) is 13.8 Å². The Labute approximate surface area is 126 Å². The third kappa shape index (κ3) is 4.88. The van der Waals surface area contributed by atoms with Gasteiger partial charge in [0.1, 0.15) is 5.69 Å². The molecule has 0 atom stereocenters. The lowest BCUT2D eigenvalue weighted by atomic mass is 10.1. The highest BCUT2D eigenvalue weighted by molar-refractivity contribution is 5.94. The highest BCUT2D eigenvalue weighted by Crippen LogP contribution is 2.08. The Morgan fingerprint density at radius 1 is 1.29 bits per heavy atom. The van der Waals surface area contributed by atoms with Crippen LogP contribution in [0.25, 0.3) is 0 Å². The first-order valence-electron chi connectivity index (χ1n) is 7.46. The second-order valence-electron chi connectivity index (χ2n) is 5.60. The van der Waals surface area contributed by atoms with Gasteiger partial charge in [0.2, 0.25) is 5.91 Å². The first-order chi connectivity index (χ1) is 9.88. The molecule has 21 heavy (non-hydrogen) atoms. The zero-order valence-corrected chi connectivity index (χ0v) is 13.6. The predicted molar refractivity (Wildman–Crippen MR) is 82.0 cm³/mol. The Morgan fingerprint density at radius 3 is 2.43 bits per heavy atom. The molecule has 2 amide bonds. The van der Waals surface area contributed by atoms with E-state index in [1.165, 1.54) is 4.90 Å². The number of H-pyrrole nitrogens is 1. The molecular formula is C15H26N4O2. The van der Waals surface area contributed by atoms with Crippen molar-refractivity contribution in [1.82, 2.24) is 20.0 Å². The Balaban J connectivity index is 2.65. The molecule has 0 fully saturated rings. The van der Waals surface area contributed by atoms with Crippen LogP contribution >= 0.6 is 0 Å². The Morgan fingerprint density at radius 2 is 1.90 bits per heavy atom. The standard InChI is InChI=1S/C15H26N4O2/c1-6-19(7-2)14(20)10-18(5)15(21)13-9-12(16-17-13)8-11(3)4/h9,11H,6-8,10H2,1-5H3,(H,16,17). The van der Waals surface area contributed by atoms with Crippen molar-refractivity contribution in [1.29, 1.82) is 0 Å². The summed E-state index contributed by atoms with van der Waals surface area (Å²) in [5.41, 5.74) is 1.30. The van der Waals surface area contributed by atoms with Gasteiger partial charge in [0.05, 0.1) is 6.54 Å². The Bertz CT molecular complexity index is 478. The van der Waals surface area contributed by atoms with Gasteiger partial charge in [0, 0.05) is 25.8 Å². The molecule has 0 bridgehead atoms. The van der Waals surface area contributed by atoms with E-state index < -0.39 is 0 Å². The van der Waals surface area contributed by atoms with Crippen LogP contribution in [0, 0.1) is 5.92 Å². The minimum Gasteiger partial charge on any atom is -0.342 e. The molecule has 1 heterocycles. The minimum absolute atomic E-state index is 0.0474. The van der Waals surface area contributed by atoms with Crippen LogP contribution in [0.1, 0.15) is 43.9 Å². The molecule has 1 aromatic heterocycles. The van der Waals surface area contributed by atoms with Crippen molar-refractivity contribution in [3.63, 3.8) is 0 Å². The largest absolute Gasteiger partial charge is 0.342 e. The number of rotatable bonds is 7. The van der Waals surface area contributed by atoms with E-state index in [2.05, 4.69) is 24.0 Å². The summed E-state index contributed by atoms with van der Waals surface area (Å²) >= 11 is 0.